The molecule has 2 aromatic carbocycles. The van der Waals surface area contributed by atoms with Gasteiger partial charge >= 0.3 is 0 Å². The van der Waals surface area contributed by atoms with Crippen LogP contribution >= 0.6 is 0 Å². The Morgan fingerprint density at radius 2 is 1.93 bits per heavy atom. The molecule has 1 heterocycles. The van der Waals surface area contributed by atoms with Gasteiger partial charge in [0.1, 0.15) is 6.54 Å². The van der Waals surface area contributed by atoms with E-state index in [4.69, 9.17) is 4.99 Å². The lowest BCUT2D eigenvalue weighted by atomic mass is 10.0. The molecule has 1 N–H and O–H groups in total. The molecule has 0 bridgehead atoms. The first-order valence-electron chi connectivity index (χ1n) is 9.58. The van der Waals surface area contributed by atoms with Gasteiger partial charge in [-0.25, -0.2) is 8.78 Å². The third-order valence-electron chi connectivity index (χ3n) is 5.54. The molecule has 1 aliphatic carbocycles. The van der Waals surface area contributed by atoms with Gasteiger partial charge in [-0.15, -0.1) is 0 Å². The topological polar surface area (TPSA) is 61.8 Å². The Bertz CT molecular complexity index is 1050. The van der Waals surface area contributed by atoms with Crippen molar-refractivity contribution in [3.63, 3.8) is 0 Å². The predicted molar refractivity (Wildman–Crippen MR) is 108 cm³/mol. The number of halogens is 2. The van der Waals surface area contributed by atoms with Gasteiger partial charge < -0.3 is 10.2 Å². The number of carbonyl (C=O) groups is 2. The zero-order valence-corrected chi connectivity index (χ0v) is 16.3. The van der Waals surface area contributed by atoms with Gasteiger partial charge in [0.05, 0.1) is 17.3 Å². The molecule has 0 aromatic heterocycles. The second-order valence-electron chi connectivity index (χ2n) is 7.57. The Labute approximate surface area is 167 Å². The first-order chi connectivity index (χ1) is 13.8. The fourth-order valence-electron chi connectivity index (χ4n) is 3.86. The van der Waals surface area contributed by atoms with Gasteiger partial charge in [0.15, 0.2) is 11.6 Å². The third-order valence-corrected chi connectivity index (χ3v) is 5.54. The molecular weight excluding hydrogens is 376 g/mol. The molecule has 1 fully saturated rings. The molecule has 4 rings (SSSR count). The van der Waals surface area contributed by atoms with E-state index in [-0.39, 0.29) is 24.1 Å². The normalized spacial score (nSPS) is 18.1. The zero-order valence-electron chi connectivity index (χ0n) is 16.3. The van der Waals surface area contributed by atoms with Crippen LogP contribution in [-0.4, -0.2) is 24.1 Å². The van der Waals surface area contributed by atoms with Gasteiger partial charge in [-0.2, -0.15) is 0 Å². The minimum Gasteiger partial charge on any atom is -0.324 e. The van der Waals surface area contributed by atoms with E-state index in [1.165, 1.54) is 11.0 Å². The molecule has 5 nitrogen and oxygen atoms in total. The highest BCUT2D eigenvalue weighted by Gasteiger charge is 2.37. The van der Waals surface area contributed by atoms with Gasteiger partial charge in [0.2, 0.25) is 11.8 Å². The summed E-state index contributed by atoms with van der Waals surface area (Å²) in [4.78, 5) is 32.1. The minimum absolute atomic E-state index is 0.134. The quantitative estimate of drug-likeness (QED) is 0.832. The van der Waals surface area contributed by atoms with Crippen LogP contribution in [0, 0.1) is 31.4 Å². The van der Waals surface area contributed by atoms with Crippen molar-refractivity contribution in [1.82, 2.24) is 0 Å². The second kappa shape index (κ2) is 7.39. The van der Waals surface area contributed by atoms with Gasteiger partial charge in [-0.3, -0.25) is 14.6 Å². The van der Waals surface area contributed by atoms with Crippen molar-refractivity contribution in [2.75, 3.05) is 16.8 Å². The second-order valence-corrected chi connectivity index (χ2v) is 7.57. The van der Waals surface area contributed by atoms with Gasteiger partial charge in [0.25, 0.3) is 0 Å². The number of benzene rings is 2. The minimum atomic E-state index is -1.05. The lowest BCUT2D eigenvalue weighted by molar-refractivity contribution is -0.122. The number of nitrogens with one attached hydrogen (secondary N) is 1. The largest absolute Gasteiger partial charge is 0.324 e. The number of anilines is 2. The summed E-state index contributed by atoms with van der Waals surface area (Å²) in [6, 6.07) is 6.95. The van der Waals surface area contributed by atoms with Crippen LogP contribution < -0.4 is 10.2 Å². The molecule has 29 heavy (non-hydrogen) atoms. The maximum absolute atomic E-state index is 13.4. The van der Waals surface area contributed by atoms with Crippen LogP contribution in [0.4, 0.5) is 25.8 Å². The average molecular weight is 397 g/mol. The smallest absolute Gasteiger partial charge is 0.244 e. The van der Waals surface area contributed by atoms with Crippen molar-refractivity contribution in [3.05, 3.63) is 53.1 Å². The molecule has 0 saturated heterocycles. The van der Waals surface area contributed by atoms with E-state index in [1.807, 2.05) is 26.0 Å². The number of carbonyl (C=O) groups excluding carboxylic acids is 2. The summed E-state index contributed by atoms with van der Waals surface area (Å²) < 4.78 is 26.5. The highest BCUT2D eigenvalue weighted by Crippen LogP contribution is 2.39. The summed E-state index contributed by atoms with van der Waals surface area (Å²) >= 11 is 0. The zero-order chi connectivity index (χ0) is 20.7. The molecule has 150 valence electrons. The summed E-state index contributed by atoms with van der Waals surface area (Å²) in [5.41, 5.74) is 4.33. The van der Waals surface area contributed by atoms with Crippen molar-refractivity contribution in [1.29, 1.82) is 0 Å². The Hall–Kier alpha value is -3.09. The molecule has 1 atom stereocenters. The van der Waals surface area contributed by atoms with Crippen LogP contribution in [0.1, 0.15) is 30.4 Å². The maximum atomic E-state index is 13.4. The number of amides is 2. The van der Waals surface area contributed by atoms with Crippen LogP contribution in [0.5, 0.6) is 0 Å². The number of hydrogen-bond acceptors (Lipinski definition) is 3. The lowest BCUT2D eigenvalue weighted by Crippen LogP contribution is -2.42. The fraction of sp³-hybridized carbons (Fsp3) is 0.318. The molecule has 0 spiro atoms. The highest BCUT2D eigenvalue weighted by molar-refractivity contribution is 6.16. The van der Waals surface area contributed by atoms with Crippen LogP contribution in [-0.2, 0) is 9.59 Å². The van der Waals surface area contributed by atoms with E-state index >= 15 is 0 Å². The van der Waals surface area contributed by atoms with E-state index in [9.17, 15) is 18.4 Å². The number of fused-ring (bicyclic) bond motifs is 2. The van der Waals surface area contributed by atoms with Crippen molar-refractivity contribution >= 4 is 34.6 Å². The van der Waals surface area contributed by atoms with Gasteiger partial charge in [-0.1, -0.05) is 0 Å². The molecule has 2 aromatic rings. The molecule has 1 saturated carbocycles. The molecule has 2 aliphatic rings. The predicted octanol–water partition coefficient (Wildman–Crippen LogP) is 4.44. The molecular formula is C22H21F2N3O2. The first-order valence-corrected chi connectivity index (χ1v) is 9.58. The van der Waals surface area contributed by atoms with Gasteiger partial charge in [0, 0.05) is 17.5 Å². The maximum Gasteiger partial charge on any atom is 0.244 e. The Kier molecular flexibility index (Phi) is 4.90. The summed E-state index contributed by atoms with van der Waals surface area (Å²) in [5.74, 6) is -3.00. The first kappa shape index (κ1) is 19.2. The number of hydrogen-bond donors (Lipinski definition) is 1. The lowest BCUT2D eigenvalue weighted by Gasteiger charge is -2.25. The van der Waals surface area contributed by atoms with Crippen molar-refractivity contribution in [3.8, 4) is 0 Å². The fourth-order valence-corrected chi connectivity index (χ4v) is 3.86. The molecule has 0 unspecified atom stereocenters. The van der Waals surface area contributed by atoms with Gasteiger partial charge in [-0.05, 0) is 68.5 Å². The van der Waals surface area contributed by atoms with E-state index < -0.39 is 17.5 Å². The Morgan fingerprint density at radius 1 is 1.17 bits per heavy atom. The SMILES string of the molecule is Cc1cc2c(cc1C)N(CC(=O)Nc1ccc(F)c(F)c1)C(=O)[C@@H]1CCCC1=N2. The number of nitrogens with zero attached hydrogens (tertiary/aromatic N) is 2. The Morgan fingerprint density at radius 3 is 2.69 bits per heavy atom. The van der Waals surface area contributed by atoms with E-state index in [0.717, 1.165) is 41.8 Å². The summed E-state index contributed by atoms with van der Waals surface area (Å²) in [6.45, 7) is 3.69. The third kappa shape index (κ3) is 3.64. The Balaban J connectivity index is 1.65. The molecule has 1 aliphatic heterocycles. The highest BCUT2D eigenvalue weighted by atomic mass is 19.2. The van der Waals surface area contributed by atoms with Crippen LogP contribution in [0.3, 0.4) is 0 Å². The van der Waals surface area contributed by atoms with E-state index in [2.05, 4.69) is 5.32 Å². The van der Waals surface area contributed by atoms with Crippen LogP contribution in [0.15, 0.2) is 35.3 Å². The van der Waals surface area contributed by atoms with Crippen LogP contribution in [0.2, 0.25) is 0 Å². The number of rotatable bonds is 3. The summed E-state index contributed by atoms with van der Waals surface area (Å²) in [5, 5.41) is 2.54. The average Bonchev–Trinajstić information content (AvgIpc) is 3.10. The molecule has 2 amide bonds. The summed E-state index contributed by atoms with van der Waals surface area (Å²) in [6.07, 6.45) is 2.38. The van der Waals surface area contributed by atoms with Crippen molar-refractivity contribution in [2.24, 2.45) is 10.9 Å². The standard InChI is InChI=1S/C22H21F2N3O2/c1-12-8-19-20(9-13(12)2)27(22(29)15-4-3-5-18(15)26-19)11-21(28)25-14-6-7-16(23)17(24)10-14/h6-10,15H,3-5,11H2,1-2H3,(H,25,28)/t15-/m1/s1. The number of aryl methyl sites for hydroxylation is 2. The van der Waals surface area contributed by atoms with Crippen molar-refractivity contribution < 1.29 is 18.4 Å². The van der Waals surface area contributed by atoms with Crippen molar-refractivity contribution in [2.45, 2.75) is 33.1 Å². The monoisotopic (exact) mass is 397 g/mol. The summed E-state index contributed by atoms with van der Waals surface area (Å²) in [7, 11) is 0. The van der Waals surface area contributed by atoms with E-state index in [0.29, 0.717) is 17.8 Å². The van der Waals surface area contributed by atoms with E-state index in [1.54, 1.807) is 0 Å². The number of aliphatic imine (C=N–C) groups is 1. The molecule has 0 radical (unpaired) electrons. The molecule has 7 heteroatoms. The van der Waals surface area contributed by atoms with Crippen LogP contribution in [0.25, 0.3) is 0 Å².